The van der Waals surface area contributed by atoms with Gasteiger partial charge in [0.05, 0.1) is 0 Å². The van der Waals surface area contributed by atoms with Crippen molar-refractivity contribution < 1.29 is 0 Å². The van der Waals surface area contributed by atoms with E-state index < -0.39 is 3.79 Å². The third-order valence-electron chi connectivity index (χ3n) is 1.51. The zero-order chi connectivity index (χ0) is 10.8. The van der Waals surface area contributed by atoms with Gasteiger partial charge >= 0.3 is 0 Å². The first-order valence-electron chi connectivity index (χ1n) is 3.75. The fraction of sp³-hybridized carbons (Fsp3) is 0.429. The minimum Gasteiger partial charge on any atom is -0.315 e. The Hall–Kier alpha value is -0.290. The number of H-pyrrole nitrogens is 1. The van der Waals surface area contributed by atoms with Gasteiger partial charge in [-0.15, -0.1) is 0 Å². The molecule has 0 spiro atoms. The van der Waals surface area contributed by atoms with Crippen molar-refractivity contribution in [2.24, 2.45) is 0 Å². The molecule has 0 aromatic carbocycles. The van der Waals surface area contributed by atoms with E-state index in [1.54, 1.807) is 7.05 Å². The maximum atomic E-state index is 11.4. The van der Waals surface area contributed by atoms with Gasteiger partial charge in [0.15, 0.2) is 5.82 Å². The van der Waals surface area contributed by atoms with E-state index in [1.165, 1.54) is 6.20 Å². The lowest BCUT2D eigenvalue weighted by molar-refractivity contribution is 0.786. The van der Waals surface area contributed by atoms with Crippen molar-refractivity contribution in [3.63, 3.8) is 0 Å². The highest BCUT2D eigenvalue weighted by molar-refractivity contribution is 6.66. The van der Waals surface area contributed by atoms with Crippen molar-refractivity contribution in [2.75, 3.05) is 7.05 Å². The molecule has 0 fully saturated rings. The van der Waals surface area contributed by atoms with Crippen LogP contribution in [-0.4, -0.2) is 17.0 Å². The quantitative estimate of drug-likeness (QED) is 0.785. The number of nitrogens with zero attached hydrogens (tertiary/aromatic N) is 1. The van der Waals surface area contributed by atoms with Gasteiger partial charge in [-0.05, 0) is 7.05 Å². The van der Waals surface area contributed by atoms with E-state index in [1.807, 2.05) is 0 Å². The van der Waals surface area contributed by atoms with Gasteiger partial charge in [-0.25, -0.2) is 4.98 Å². The molecule has 0 saturated carbocycles. The summed E-state index contributed by atoms with van der Waals surface area (Å²) in [5.41, 5.74) is 0.182. The van der Waals surface area contributed by atoms with Gasteiger partial charge in [0.1, 0.15) is 0 Å². The molecular weight excluding hydrogens is 248 g/mol. The minimum absolute atomic E-state index is 0.0207. The summed E-state index contributed by atoms with van der Waals surface area (Å²) in [6, 6.07) is 0. The summed E-state index contributed by atoms with van der Waals surface area (Å²) in [5, 5.41) is 2.82. The zero-order valence-electron chi connectivity index (χ0n) is 7.27. The van der Waals surface area contributed by atoms with Crippen LogP contribution in [0.4, 0.5) is 0 Å². The molecule has 1 aromatic rings. The van der Waals surface area contributed by atoms with Gasteiger partial charge < -0.3 is 10.3 Å². The number of aromatic amines is 1. The fourth-order valence-electron chi connectivity index (χ4n) is 0.882. The SMILES string of the molecule is CNCc1cnc(C(Cl)(Cl)Cl)[nH]c1=O. The molecule has 0 bridgehead atoms. The largest absolute Gasteiger partial charge is 0.315 e. The van der Waals surface area contributed by atoms with Gasteiger partial charge in [-0.2, -0.15) is 0 Å². The van der Waals surface area contributed by atoms with Crippen LogP contribution in [0.1, 0.15) is 11.4 Å². The predicted molar refractivity (Wildman–Crippen MR) is 56.9 cm³/mol. The van der Waals surface area contributed by atoms with E-state index in [0.717, 1.165) is 0 Å². The van der Waals surface area contributed by atoms with Gasteiger partial charge in [0.2, 0.25) is 3.79 Å². The number of alkyl halides is 3. The number of rotatable bonds is 2. The lowest BCUT2D eigenvalue weighted by Crippen LogP contribution is -2.23. The van der Waals surface area contributed by atoms with Crippen LogP contribution in [0.2, 0.25) is 0 Å². The number of nitrogens with one attached hydrogen (secondary N) is 2. The van der Waals surface area contributed by atoms with Crippen LogP contribution in [-0.2, 0) is 10.3 Å². The van der Waals surface area contributed by atoms with Crippen LogP contribution in [0.25, 0.3) is 0 Å². The van der Waals surface area contributed by atoms with Gasteiger partial charge in [-0.3, -0.25) is 4.79 Å². The second-order valence-electron chi connectivity index (χ2n) is 2.61. The molecule has 0 atom stereocenters. The van der Waals surface area contributed by atoms with Crippen molar-refractivity contribution in [3.8, 4) is 0 Å². The summed E-state index contributed by atoms with van der Waals surface area (Å²) in [6.07, 6.45) is 1.38. The van der Waals surface area contributed by atoms with Gasteiger partial charge in [0, 0.05) is 18.3 Å². The lowest BCUT2D eigenvalue weighted by atomic mass is 10.3. The van der Waals surface area contributed by atoms with Crippen molar-refractivity contribution in [2.45, 2.75) is 10.3 Å². The van der Waals surface area contributed by atoms with E-state index in [9.17, 15) is 4.79 Å². The van der Waals surface area contributed by atoms with E-state index in [0.29, 0.717) is 12.1 Å². The summed E-state index contributed by atoms with van der Waals surface area (Å²) in [7, 11) is 1.72. The highest BCUT2D eigenvalue weighted by Gasteiger charge is 2.26. The van der Waals surface area contributed by atoms with E-state index in [2.05, 4.69) is 15.3 Å². The smallest absolute Gasteiger partial charge is 0.255 e. The van der Waals surface area contributed by atoms with E-state index >= 15 is 0 Å². The highest BCUT2D eigenvalue weighted by atomic mass is 35.6. The summed E-state index contributed by atoms with van der Waals surface area (Å²) in [6.45, 7) is 0.419. The van der Waals surface area contributed by atoms with Crippen molar-refractivity contribution in [1.82, 2.24) is 15.3 Å². The lowest BCUT2D eigenvalue weighted by Gasteiger charge is -2.09. The Bertz CT molecular complexity index is 371. The number of hydrogen-bond donors (Lipinski definition) is 2. The molecule has 0 saturated heterocycles. The number of halogens is 3. The summed E-state index contributed by atoms with van der Waals surface area (Å²) in [4.78, 5) is 17.6. The maximum Gasteiger partial charge on any atom is 0.255 e. The van der Waals surface area contributed by atoms with Crippen LogP contribution in [0.15, 0.2) is 11.0 Å². The van der Waals surface area contributed by atoms with Crippen LogP contribution in [0, 0.1) is 0 Å². The van der Waals surface area contributed by atoms with Crippen LogP contribution < -0.4 is 10.9 Å². The molecule has 0 aliphatic rings. The Morgan fingerprint density at radius 1 is 1.57 bits per heavy atom. The first kappa shape index (κ1) is 11.8. The molecule has 7 heteroatoms. The average molecular weight is 257 g/mol. The van der Waals surface area contributed by atoms with Gasteiger partial charge in [0.25, 0.3) is 5.56 Å². The van der Waals surface area contributed by atoms with Crippen LogP contribution >= 0.6 is 34.8 Å². The summed E-state index contributed by atoms with van der Waals surface area (Å²) in [5.74, 6) is 0.0207. The average Bonchev–Trinajstić information content (AvgIpc) is 2.07. The van der Waals surface area contributed by atoms with Gasteiger partial charge in [-0.1, -0.05) is 34.8 Å². The molecular formula is C7H8Cl3N3O. The minimum atomic E-state index is -1.70. The molecule has 1 rings (SSSR count). The summed E-state index contributed by atoms with van der Waals surface area (Å²) < 4.78 is -1.70. The van der Waals surface area contributed by atoms with Crippen molar-refractivity contribution in [3.05, 3.63) is 27.9 Å². The second-order valence-corrected chi connectivity index (χ2v) is 4.90. The topological polar surface area (TPSA) is 57.8 Å². The number of hydrogen-bond acceptors (Lipinski definition) is 3. The standard InChI is InChI=1S/C7H8Cl3N3O/c1-11-2-4-3-12-6(7(8,9)10)13-5(4)14/h3,11H,2H2,1H3,(H,12,13,14). The summed E-state index contributed by atoms with van der Waals surface area (Å²) >= 11 is 16.6. The molecule has 4 nitrogen and oxygen atoms in total. The molecule has 0 unspecified atom stereocenters. The Labute approximate surface area is 95.6 Å². The Balaban J connectivity index is 3.07. The third-order valence-corrected chi connectivity index (χ3v) is 2.05. The Kier molecular flexibility index (Phi) is 3.78. The van der Waals surface area contributed by atoms with E-state index in [4.69, 9.17) is 34.8 Å². The Morgan fingerprint density at radius 2 is 2.21 bits per heavy atom. The van der Waals surface area contributed by atoms with Crippen LogP contribution in [0.3, 0.4) is 0 Å². The fourth-order valence-corrected chi connectivity index (χ4v) is 1.17. The second kappa shape index (κ2) is 4.49. The van der Waals surface area contributed by atoms with Crippen LogP contribution in [0.5, 0.6) is 0 Å². The molecule has 0 aliphatic carbocycles. The molecule has 0 radical (unpaired) electrons. The monoisotopic (exact) mass is 255 g/mol. The first-order valence-corrected chi connectivity index (χ1v) is 4.88. The molecule has 1 heterocycles. The van der Waals surface area contributed by atoms with E-state index in [-0.39, 0.29) is 11.4 Å². The third kappa shape index (κ3) is 2.85. The molecule has 0 amide bonds. The molecule has 0 aliphatic heterocycles. The molecule has 78 valence electrons. The predicted octanol–water partition coefficient (Wildman–Crippen LogP) is 1.32. The van der Waals surface area contributed by atoms with Crippen molar-refractivity contribution in [1.29, 1.82) is 0 Å². The normalized spacial score (nSPS) is 11.7. The zero-order valence-corrected chi connectivity index (χ0v) is 9.54. The molecule has 14 heavy (non-hydrogen) atoms. The molecule has 2 N–H and O–H groups in total. The molecule has 1 aromatic heterocycles. The first-order chi connectivity index (χ1) is 6.45. The number of aromatic nitrogens is 2. The Morgan fingerprint density at radius 3 is 2.64 bits per heavy atom. The van der Waals surface area contributed by atoms with Crippen molar-refractivity contribution >= 4 is 34.8 Å². The highest BCUT2D eigenvalue weighted by Crippen LogP contribution is 2.34. The maximum absolute atomic E-state index is 11.4.